The summed E-state index contributed by atoms with van der Waals surface area (Å²) < 4.78 is 23.9. The SMILES string of the molecule is CC[C@]1(O)C[C@H]2CN(CCc3c([nH]c4ccccc34)[C@@](C(=O)OC)(c3cc4c(cc3OC)N(C)[C@H]3[C@@](O)(C(=O)OC)[C@H](OC(C)=O)[C@]5(CC)C=CCN6CC[C@]43[C@@H]65)C2)C1.O=C(O)/C=C\C(=O)O. The average molecular weight is 927 g/mol. The van der Waals surface area contributed by atoms with Gasteiger partial charge in [0, 0.05) is 103 Å². The van der Waals surface area contributed by atoms with E-state index in [0.717, 1.165) is 33.4 Å². The highest BCUT2D eigenvalue weighted by Crippen LogP contribution is 2.68. The van der Waals surface area contributed by atoms with Crippen LogP contribution in [0.3, 0.4) is 0 Å². The fraction of sp³-hybridized carbons (Fsp3) is 0.540. The molecule has 1 unspecified atom stereocenters. The van der Waals surface area contributed by atoms with Crippen LogP contribution in [0.4, 0.5) is 5.69 Å². The van der Waals surface area contributed by atoms with Crippen molar-refractivity contribution in [2.45, 2.75) is 99.5 Å². The number of esters is 3. The lowest BCUT2D eigenvalue weighted by atomic mass is 9.47. The fourth-order valence-corrected chi connectivity index (χ4v) is 13.6. The number of hydrogen-bond donors (Lipinski definition) is 5. The number of para-hydroxylation sites is 1. The van der Waals surface area contributed by atoms with Crippen LogP contribution in [0.5, 0.6) is 5.75 Å². The summed E-state index contributed by atoms with van der Waals surface area (Å²) in [7, 11) is 6.15. The second-order valence-electron chi connectivity index (χ2n) is 19.2. The maximum absolute atomic E-state index is 15.3. The number of aliphatic carboxylic acids is 2. The first-order valence-corrected chi connectivity index (χ1v) is 23.0. The van der Waals surface area contributed by atoms with E-state index in [9.17, 15) is 29.4 Å². The summed E-state index contributed by atoms with van der Waals surface area (Å²) in [5.41, 5.74) is -1.62. The number of piperidine rings is 1. The molecule has 0 amide bonds. The van der Waals surface area contributed by atoms with Gasteiger partial charge >= 0.3 is 29.8 Å². The molecule has 2 aromatic carbocycles. The molecule has 5 N–H and O–H groups in total. The molecule has 2 saturated heterocycles. The number of carbonyl (C=O) groups is 5. The fourth-order valence-electron chi connectivity index (χ4n) is 13.6. The van der Waals surface area contributed by atoms with Gasteiger partial charge in [-0.2, -0.15) is 0 Å². The third kappa shape index (κ3) is 7.14. The van der Waals surface area contributed by atoms with E-state index in [4.69, 9.17) is 29.2 Å². The van der Waals surface area contributed by atoms with E-state index in [2.05, 4.69) is 39.1 Å². The van der Waals surface area contributed by atoms with E-state index in [1.165, 1.54) is 21.1 Å². The van der Waals surface area contributed by atoms with Crippen molar-refractivity contribution in [2.24, 2.45) is 11.3 Å². The lowest BCUT2D eigenvalue weighted by Crippen LogP contribution is -2.81. The molecule has 6 aliphatic rings. The number of rotatable bonds is 9. The van der Waals surface area contributed by atoms with E-state index >= 15 is 4.79 Å². The Bertz CT molecular complexity index is 2540. The third-order valence-corrected chi connectivity index (χ3v) is 16.0. The van der Waals surface area contributed by atoms with Crippen LogP contribution in [0.25, 0.3) is 10.9 Å². The maximum Gasteiger partial charge on any atom is 0.344 e. The molecule has 0 radical (unpaired) electrons. The zero-order valence-electron chi connectivity index (χ0n) is 39.2. The Kier molecular flexibility index (Phi) is 12.4. The minimum absolute atomic E-state index is 0.0986. The van der Waals surface area contributed by atoms with Gasteiger partial charge in [-0.1, -0.05) is 44.2 Å². The van der Waals surface area contributed by atoms with E-state index < -0.39 is 69.4 Å². The molecule has 6 heterocycles. The van der Waals surface area contributed by atoms with Crippen molar-refractivity contribution in [1.82, 2.24) is 14.8 Å². The number of aromatic nitrogens is 1. The first-order valence-electron chi connectivity index (χ1n) is 23.0. The normalized spacial score (nSPS) is 33.7. The molecule has 10 atom stereocenters. The van der Waals surface area contributed by atoms with Gasteiger partial charge in [0.1, 0.15) is 11.2 Å². The molecule has 2 bridgehead atoms. The van der Waals surface area contributed by atoms with Crippen molar-refractivity contribution in [3.63, 3.8) is 0 Å². The number of nitrogens with zero attached hydrogens (tertiary/aromatic N) is 3. The topological polar surface area (TPSA) is 229 Å². The number of aliphatic hydroxyl groups is 2. The summed E-state index contributed by atoms with van der Waals surface area (Å²) in [6.07, 6.45) is 7.06. The first kappa shape index (κ1) is 47.7. The number of H-pyrrole nitrogens is 1. The van der Waals surface area contributed by atoms with Gasteiger partial charge in [0.15, 0.2) is 6.10 Å². The Labute approximate surface area is 389 Å². The third-order valence-electron chi connectivity index (χ3n) is 16.0. The van der Waals surface area contributed by atoms with Crippen molar-refractivity contribution >= 4 is 46.4 Å². The van der Waals surface area contributed by atoms with Gasteiger partial charge in [0.05, 0.1) is 33.0 Å². The monoisotopic (exact) mass is 926 g/mol. The molecule has 3 fully saturated rings. The summed E-state index contributed by atoms with van der Waals surface area (Å²) in [6.45, 7) is 8.62. The number of ether oxygens (including phenoxy) is 4. The Morgan fingerprint density at radius 2 is 1.60 bits per heavy atom. The van der Waals surface area contributed by atoms with Gasteiger partial charge in [0.2, 0.25) is 5.60 Å². The molecular weight excluding hydrogens is 865 g/mol. The standard InChI is InChI=1S/C46H58N4O9.C4H4O4/c1-8-42(54)23-28-24-45(40(52)57-6,36-30(15-19-49(25-28)26-42)29-13-10-11-14-33(29)47-36)32-21-31-34(22-35(32)56-5)48(4)38-44(31)17-20-50-18-12-16-43(9-2,37(44)50)39(59-27(3)51)46(38,55)41(53)58-7;5-3(6)1-2-4(7)8/h10-14,16,21-22,28,37-39,47,54-55H,8-9,15,17-20,23-26H2,1-7H3;1-2H,(H,5,6)(H,7,8)/b;2-1-/t28-,37+,38-,39-,42+,43-,44-,45+,46+;/m1./s1. The van der Waals surface area contributed by atoms with Gasteiger partial charge in [-0.3, -0.25) is 19.4 Å². The average Bonchev–Trinajstić information content (AvgIpc) is 3.97. The molecule has 67 heavy (non-hydrogen) atoms. The maximum atomic E-state index is 15.3. The molecule has 360 valence electrons. The number of carboxylic acids is 2. The summed E-state index contributed by atoms with van der Waals surface area (Å²) in [5, 5.41) is 42.0. The molecule has 1 spiro atoms. The van der Waals surface area contributed by atoms with Crippen molar-refractivity contribution < 1.29 is 63.3 Å². The van der Waals surface area contributed by atoms with Crippen molar-refractivity contribution in [3.8, 4) is 5.75 Å². The number of aromatic amines is 1. The first-order chi connectivity index (χ1) is 31.8. The number of fused-ring (bicyclic) bond motifs is 6. The Morgan fingerprint density at radius 3 is 2.22 bits per heavy atom. The second kappa shape index (κ2) is 17.4. The molecule has 17 heteroatoms. The van der Waals surface area contributed by atoms with Crippen LogP contribution >= 0.6 is 0 Å². The number of carbonyl (C=O) groups excluding carboxylic acids is 3. The van der Waals surface area contributed by atoms with Gasteiger partial charge in [-0.25, -0.2) is 14.4 Å². The predicted octanol–water partition coefficient (Wildman–Crippen LogP) is 3.70. The second-order valence-corrected chi connectivity index (χ2v) is 19.2. The van der Waals surface area contributed by atoms with Crippen LogP contribution in [-0.4, -0.2) is 156 Å². The van der Waals surface area contributed by atoms with Crippen molar-refractivity contribution in [3.05, 3.63) is 83.1 Å². The van der Waals surface area contributed by atoms with Gasteiger partial charge in [-0.15, -0.1) is 0 Å². The highest BCUT2D eigenvalue weighted by Gasteiger charge is 2.80. The van der Waals surface area contributed by atoms with Crippen LogP contribution in [0.2, 0.25) is 0 Å². The zero-order chi connectivity index (χ0) is 48.4. The van der Waals surface area contributed by atoms with Crippen LogP contribution in [-0.2, 0) is 55.4 Å². The van der Waals surface area contributed by atoms with Crippen molar-refractivity contribution in [2.75, 3.05) is 66.0 Å². The van der Waals surface area contributed by atoms with E-state index in [1.54, 1.807) is 7.11 Å². The molecule has 1 aromatic heterocycles. The summed E-state index contributed by atoms with van der Waals surface area (Å²) in [5.74, 6) is -4.08. The van der Waals surface area contributed by atoms with Gasteiger partial charge in [-0.05, 0) is 74.2 Å². The Morgan fingerprint density at radius 1 is 0.896 bits per heavy atom. The number of methoxy groups -OCH3 is 3. The van der Waals surface area contributed by atoms with Crippen LogP contribution in [0, 0.1) is 11.3 Å². The number of nitrogens with one attached hydrogen (secondary N) is 1. The highest BCUT2D eigenvalue weighted by atomic mass is 16.6. The largest absolute Gasteiger partial charge is 0.496 e. The summed E-state index contributed by atoms with van der Waals surface area (Å²) in [6, 6.07) is 11.0. The van der Waals surface area contributed by atoms with Crippen LogP contribution in [0.15, 0.2) is 60.7 Å². The molecule has 9 rings (SSSR count). The number of anilines is 1. The molecule has 5 aliphatic heterocycles. The summed E-state index contributed by atoms with van der Waals surface area (Å²) >= 11 is 0. The number of likely N-dealkylation sites (N-methyl/N-ethyl adjacent to an activating group) is 1. The quantitative estimate of drug-likeness (QED) is 0.0892. The minimum atomic E-state index is -2.30. The minimum Gasteiger partial charge on any atom is -0.496 e. The molecule has 1 saturated carbocycles. The van der Waals surface area contributed by atoms with Gasteiger partial charge in [0.25, 0.3) is 0 Å². The van der Waals surface area contributed by atoms with E-state index in [1.807, 2.05) is 50.1 Å². The molecule has 17 nitrogen and oxygen atoms in total. The lowest BCUT2D eigenvalue weighted by Gasteiger charge is -2.63. The van der Waals surface area contributed by atoms with Gasteiger partial charge < -0.3 is 49.3 Å². The van der Waals surface area contributed by atoms with Crippen molar-refractivity contribution in [1.29, 1.82) is 0 Å². The van der Waals surface area contributed by atoms with E-state index in [-0.39, 0.29) is 12.0 Å². The Balaban J connectivity index is 0.000000698. The highest BCUT2D eigenvalue weighted by molar-refractivity contribution is 5.95. The van der Waals surface area contributed by atoms with E-state index in [0.29, 0.717) is 94.7 Å². The summed E-state index contributed by atoms with van der Waals surface area (Å²) in [4.78, 5) is 72.3. The smallest absolute Gasteiger partial charge is 0.344 e. The number of benzene rings is 2. The Hall–Kier alpha value is -5.75. The van der Waals surface area contributed by atoms with Crippen LogP contribution in [0.1, 0.15) is 75.3 Å². The molecule has 3 aromatic rings. The number of carboxylic acid groups (broad SMARTS) is 2. The van der Waals surface area contributed by atoms with Crippen LogP contribution < -0.4 is 9.64 Å². The molecule has 1 aliphatic carbocycles. The predicted molar refractivity (Wildman–Crippen MR) is 245 cm³/mol. The zero-order valence-corrected chi connectivity index (χ0v) is 39.2. The number of hydrogen-bond acceptors (Lipinski definition) is 14. The lowest BCUT2D eigenvalue weighted by molar-refractivity contribution is -0.228. The molecular formula is C50H62N4O13.